The maximum Gasteiger partial charge on any atom is 0.500 e. The predicted molar refractivity (Wildman–Crippen MR) is 518 cm³/mol. The molecule has 7 N–H and O–H groups in total. The minimum atomic E-state index is -4.33. The highest BCUT2D eigenvalue weighted by atomic mass is 79.9. The minimum absolute atomic E-state index is 0.231. The monoisotopic (exact) mass is 2140 g/mol. The van der Waals surface area contributed by atoms with Crippen LogP contribution in [0, 0.1) is 40.7 Å². The van der Waals surface area contributed by atoms with Crippen LogP contribution in [0.4, 0.5) is 83.7 Å². The molecule has 0 saturated heterocycles. The van der Waals surface area contributed by atoms with Crippen molar-refractivity contribution in [3.63, 3.8) is 0 Å². The molecular weight excluding hydrogens is 2000 g/mol. The first-order chi connectivity index (χ1) is 63.1. The normalized spacial score (nSPS) is 11.7. The Kier molecular flexibility index (Phi) is 64.8. The summed E-state index contributed by atoms with van der Waals surface area (Å²) in [5.41, 5.74) is 3.32. The van der Waals surface area contributed by atoms with E-state index in [0.717, 1.165) is 108 Å². The van der Waals surface area contributed by atoms with Crippen LogP contribution in [0.5, 0.6) is 0 Å². The highest BCUT2D eigenvalue weighted by molar-refractivity contribution is 9.10. The summed E-state index contributed by atoms with van der Waals surface area (Å²) < 4.78 is 243. The lowest BCUT2D eigenvalue weighted by atomic mass is 10.2. The molecule has 0 aliphatic heterocycles. The van der Waals surface area contributed by atoms with Gasteiger partial charge in [-0.1, -0.05) is 46.3 Å². The molecule has 0 aliphatic rings. The second-order valence-corrected chi connectivity index (χ2v) is 51.1. The fraction of sp³-hybridized carbons (Fsp3) is 0.506. The van der Waals surface area contributed by atoms with E-state index in [9.17, 15) is 43.9 Å². The number of nitrogens with one attached hydrogen (secondary N) is 7. The van der Waals surface area contributed by atoms with Crippen molar-refractivity contribution in [3.05, 3.63) is 207 Å². The lowest BCUT2D eigenvalue weighted by molar-refractivity contribution is -0.137. The number of hydrogen-bond acceptors (Lipinski definition) is 28. The van der Waals surface area contributed by atoms with Crippen molar-refractivity contribution < 1.29 is 137 Å². The summed E-state index contributed by atoms with van der Waals surface area (Å²) in [7, 11) is 15.4. The van der Waals surface area contributed by atoms with Crippen LogP contribution in [0.1, 0.15) is 50.5 Å². The molecule has 7 aromatic rings. The highest BCUT2D eigenvalue weighted by Gasteiger charge is 2.42. The molecule has 0 aromatic heterocycles. The zero-order valence-corrected chi connectivity index (χ0v) is 89.6. The first kappa shape index (κ1) is 124. The van der Waals surface area contributed by atoms with Crippen LogP contribution in [0.3, 0.4) is 0 Å². The van der Waals surface area contributed by atoms with Crippen molar-refractivity contribution in [1.29, 1.82) is 0 Å². The van der Waals surface area contributed by atoms with E-state index in [4.69, 9.17) is 92.9 Å². The van der Waals surface area contributed by atoms with Gasteiger partial charge in [-0.05, 0) is 164 Å². The van der Waals surface area contributed by atoms with Gasteiger partial charge < -0.3 is 130 Å². The first-order valence-corrected chi connectivity index (χ1v) is 56.7. The maximum absolute atomic E-state index is 13.4. The summed E-state index contributed by atoms with van der Waals surface area (Å²) in [4.78, 5) is 0. The SMILES string of the molecule is CO[Si](CCCNc1c(F)cc(F)cc1F)(OC)OC.CO[Si](CCCNc1ccc(Br)cc1)(OC)OC.CO[Si](CCCNc1ccc(F)cc1)(OC)OC.CO[Si](CCCNc1ccc(F)cc1F)(OC)OC.CO[Si](CCCNc1cccc(C(F)(F)F)c1)(OC)OC.CO[Si](CCCNc1ccccc1Br)(OC)OC.CO[Si](CCCNc1ccccc1F)(OC)OC. The summed E-state index contributed by atoms with van der Waals surface area (Å²) in [6.07, 6.45) is 1.08. The van der Waals surface area contributed by atoms with Gasteiger partial charge in [-0.15, -0.1) is 0 Å². The van der Waals surface area contributed by atoms with Gasteiger partial charge in [0, 0.05) is 287 Å². The molecule has 7 rings (SSSR count). The zero-order valence-electron chi connectivity index (χ0n) is 79.4. The molecule has 0 aliphatic carbocycles. The number of hydrogen-bond donors (Lipinski definition) is 7. The topological polar surface area (TPSA) is 278 Å². The number of rotatable bonds is 56. The van der Waals surface area contributed by atoms with Gasteiger partial charge in [0.2, 0.25) is 0 Å². The minimum Gasteiger partial charge on any atom is -0.385 e. The lowest BCUT2D eigenvalue weighted by Gasteiger charge is -2.24. The Bertz CT molecular complexity index is 3930. The molecule has 0 radical (unpaired) electrons. The van der Waals surface area contributed by atoms with Crippen LogP contribution in [0.15, 0.2) is 161 Å². The van der Waals surface area contributed by atoms with Crippen LogP contribution < -0.4 is 37.2 Å². The molecule has 7 aromatic carbocycles. The second kappa shape index (κ2) is 69.0. The summed E-state index contributed by atoms with van der Waals surface area (Å²) in [5, 5.41) is 21.4. The standard InChI is InChI=1S/C13H20F3NO3Si.2C12H20BrNO3Si.C12H18F3NO3Si.C12H19F2NO3Si.2C12H20FNO3Si/c1-18-21(19-2,20-3)9-5-8-17-12-7-4-6-11(10-12)13(14,15)16;1-15-18(16-2,17-3)10-4-9-14-12-7-5-11(13)6-8-12;1-15-18(16-2,17-3)10-6-9-14-12-8-5-4-7-11(12)13;1-17-20(18-2,19-3)6-4-5-16-12-10(14)7-9(13)8-11(12)15;1-16-19(17-2,18-3)8-4-7-15-12-6-5-10(13)9-11(12)14;1-15-18(16-2,17-3)10-4-9-14-12-7-5-11(13)6-8-12;1-15-18(16-2,17-3)10-6-9-14-12-8-5-4-7-11(12)13/h4,6-7,10,17H,5,8-9H2,1-3H3;5-8,14H,4,9-10H2,1-3H3;4-5,7-8,14H,6,9-10H2,1-3H3;7-8,16H,4-6H2,1-3H3;5-6,9,15H,4,7-8H2,1-3H3;5-8,14H,4,9-10H2,1-3H3;4-5,7-8,14H,6,9-10H2,1-3H3. The van der Waals surface area contributed by atoms with Gasteiger partial charge in [0.05, 0.1) is 16.9 Å². The van der Waals surface area contributed by atoms with Crippen LogP contribution in [0.25, 0.3) is 0 Å². The van der Waals surface area contributed by atoms with Crippen molar-refractivity contribution in [2.24, 2.45) is 0 Å². The Morgan fingerprint density at radius 3 is 0.833 bits per heavy atom. The predicted octanol–water partition coefficient (Wildman–Crippen LogP) is 20.1. The Balaban J connectivity index is 0.000000771. The number of alkyl halides is 3. The average molecular weight is 2140 g/mol. The van der Waals surface area contributed by atoms with E-state index in [1.54, 1.807) is 143 Å². The fourth-order valence-corrected chi connectivity index (χ4v) is 24.8. The number of benzene rings is 7. The third-order valence-electron chi connectivity index (χ3n) is 19.9. The molecule has 750 valence electrons. The van der Waals surface area contributed by atoms with E-state index in [0.29, 0.717) is 86.6 Å². The summed E-state index contributed by atoms with van der Waals surface area (Å²) in [6.45, 7) is 4.44. The Hall–Kier alpha value is -5.92. The van der Waals surface area contributed by atoms with Gasteiger partial charge in [-0.25, -0.2) is 30.7 Å². The van der Waals surface area contributed by atoms with Gasteiger partial charge in [0.1, 0.15) is 34.8 Å². The molecule has 132 heavy (non-hydrogen) atoms. The molecule has 0 unspecified atom stereocenters. The van der Waals surface area contributed by atoms with Gasteiger partial charge in [-0.2, -0.15) is 13.2 Å². The van der Waals surface area contributed by atoms with Gasteiger partial charge in [0.15, 0.2) is 11.6 Å². The molecule has 0 spiro atoms. The van der Waals surface area contributed by atoms with E-state index in [-0.39, 0.29) is 29.6 Å². The molecule has 0 saturated carbocycles. The third kappa shape index (κ3) is 47.0. The maximum atomic E-state index is 13.4. The molecule has 0 fully saturated rings. The van der Waals surface area contributed by atoms with E-state index < -0.39 is 102 Å². The summed E-state index contributed by atoms with van der Waals surface area (Å²) in [6, 6.07) is 43.6. The molecule has 0 amide bonds. The molecule has 0 atom stereocenters. The molecule has 0 heterocycles. The quantitative estimate of drug-likeness (QED) is 0.0106. The molecule has 47 heteroatoms. The largest absolute Gasteiger partial charge is 0.500 e. The third-order valence-corrected chi connectivity index (χ3v) is 41.0. The van der Waals surface area contributed by atoms with E-state index in [1.807, 2.05) is 48.5 Å². The molecule has 28 nitrogen and oxygen atoms in total. The van der Waals surface area contributed by atoms with Gasteiger partial charge in [-0.3, -0.25) is 0 Å². The second-order valence-electron chi connectivity index (χ2n) is 27.7. The van der Waals surface area contributed by atoms with Crippen molar-refractivity contribution in [3.8, 4) is 0 Å². The average Bonchev–Trinajstić information content (AvgIpc) is 0.847. The van der Waals surface area contributed by atoms with Crippen molar-refractivity contribution in [2.75, 3.05) is 232 Å². The molecule has 0 bridgehead atoms. The van der Waals surface area contributed by atoms with Gasteiger partial charge >= 0.3 is 67.8 Å². The first-order valence-electron chi connectivity index (χ1n) is 41.6. The Morgan fingerprint density at radius 2 is 0.515 bits per heavy atom. The molecular formula is C85H137Br2F10N7O21Si7. The van der Waals surface area contributed by atoms with Crippen LogP contribution in [-0.2, 0) is 99.1 Å². The van der Waals surface area contributed by atoms with Gasteiger partial charge in [0.25, 0.3) is 0 Å². The fourth-order valence-electron chi connectivity index (χ4n) is 12.1. The zero-order chi connectivity index (χ0) is 99.1. The summed E-state index contributed by atoms with van der Waals surface area (Å²) in [5.74, 6) is -4.54. The van der Waals surface area contributed by atoms with Crippen molar-refractivity contribution in [2.45, 2.75) is 93.4 Å². The Morgan fingerprint density at radius 1 is 0.242 bits per heavy atom. The van der Waals surface area contributed by atoms with E-state index >= 15 is 0 Å². The lowest BCUT2D eigenvalue weighted by Crippen LogP contribution is -2.42. The number of anilines is 7. The smallest absolute Gasteiger partial charge is 0.385 e. The van der Waals surface area contributed by atoms with Crippen LogP contribution in [0.2, 0.25) is 42.3 Å². The van der Waals surface area contributed by atoms with Crippen molar-refractivity contribution >= 4 is 133 Å². The number of para-hydroxylation sites is 2. The Labute approximate surface area is 797 Å². The van der Waals surface area contributed by atoms with Crippen molar-refractivity contribution in [1.82, 2.24) is 0 Å². The van der Waals surface area contributed by atoms with E-state index in [2.05, 4.69) is 69.1 Å². The number of halogens is 12. The van der Waals surface area contributed by atoms with Crippen LogP contribution >= 0.6 is 31.9 Å². The van der Waals surface area contributed by atoms with Crippen LogP contribution in [-0.4, -0.2) is 257 Å². The van der Waals surface area contributed by atoms with E-state index in [1.165, 1.54) is 79.1 Å². The summed E-state index contributed by atoms with van der Waals surface area (Å²) >= 11 is 6.91. The highest BCUT2D eigenvalue weighted by Crippen LogP contribution is 2.32.